The maximum atomic E-state index is 6.02. The molecule has 1 saturated heterocycles. The van der Waals surface area contributed by atoms with Gasteiger partial charge in [0.05, 0.1) is 10.2 Å². The van der Waals surface area contributed by atoms with Gasteiger partial charge in [-0.25, -0.2) is 4.98 Å². The smallest absolute Gasteiger partial charge is 0.186 e. The van der Waals surface area contributed by atoms with Crippen molar-refractivity contribution in [2.24, 2.45) is 5.92 Å². The topological polar surface area (TPSA) is 37.4 Å². The number of aromatic nitrogens is 1. The predicted molar refractivity (Wildman–Crippen MR) is 126 cm³/mol. The second-order valence-corrected chi connectivity index (χ2v) is 8.61. The van der Waals surface area contributed by atoms with E-state index < -0.39 is 0 Å². The van der Waals surface area contributed by atoms with Gasteiger partial charge in [0, 0.05) is 26.1 Å². The summed E-state index contributed by atoms with van der Waals surface area (Å²) < 4.78 is 7.31. The molecule has 2 aromatic carbocycles. The van der Waals surface area contributed by atoms with E-state index in [-0.39, 0.29) is 30.9 Å². The van der Waals surface area contributed by atoms with Crippen LogP contribution < -0.4 is 15.0 Å². The maximum Gasteiger partial charge on any atom is 0.186 e. The van der Waals surface area contributed by atoms with Crippen molar-refractivity contribution in [3.05, 3.63) is 54.1 Å². The van der Waals surface area contributed by atoms with Gasteiger partial charge in [-0.3, -0.25) is 0 Å². The highest BCUT2D eigenvalue weighted by molar-refractivity contribution is 7.22. The van der Waals surface area contributed by atoms with Gasteiger partial charge in [0.1, 0.15) is 11.9 Å². The largest absolute Gasteiger partial charge is 0.488 e. The predicted octanol–water partition coefficient (Wildman–Crippen LogP) is 4.95. The summed E-state index contributed by atoms with van der Waals surface area (Å²) in [5.41, 5.74) is 2.47. The quantitative estimate of drug-likeness (QED) is 0.595. The molecule has 1 N–H and O–H groups in total. The molecule has 3 aromatic rings. The van der Waals surface area contributed by atoms with Gasteiger partial charge in [-0.1, -0.05) is 41.7 Å². The van der Waals surface area contributed by atoms with Crippen LogP contribution in [0.25, 0.3) is 10.2 Å². The van der Waals surface area contributed by atoms with Crippen LogP contribution in [0.15, 0.2) is 48.5 Å². The van der Waals surface area contributed by atoms with Crippen molar-refractivity contribution in [1.82, 2.24) is 10.3 Å². The maximum absolute atomic E-state index is 6.02. The van der Waals surface area contributed by atoms with Gasteiger partial charge in [-0.05, 0) is 49.1 Å². The molecule has 1 aromatic heterocycles. The first kappa shape index (κ1) is 22.2. The fourth-order valence-electron chi connectivity index (χ4n) is 4.14. The zero-order valence-electron chi connectivity index (χ0n) is 16.3. The number of hydrogen-bond donors (Lipinski definition) is 1. The average Bonchev–Trinajstić information content (AvgIpc) is 3.32. The molecule has 156 valence electrons. The average molecular weight is 452 g/mol. The zero-order valence-corrected chi connectivity index (χ0v) is 18.7. The third-order valence-electron chi connectivity index (χ3n) is 5.69. The van der Waals surface area contributed by atoms with Gasteiger partial charge in [-0.2, -0.15) is 0 Å². The summed E-state index contributed by atoms with van der Waals surface area (Å²) in [6.07, 6.45) is 3.77. The summed E-state index contributed by atoms with van der Waals surface area (Å²) in [7, 11) is 0. The minimum atomic E-state index is 0. The van der Waals surface area contributed by atoms with Crippen LogP contribution in [0.3, 0.4) is 0 Å². The van der Waals surface area contributed by atoms with Crippen molar-refractivity contribution in [3.8, 4) is 5.75 Å². The number of halogens is 2. The Morgan fingerprint density at radius 2 is 1.76 bits per heavy atom. The van der Waals surface area contributed by atoms with Crippen LogP contribution in [0, 0.1) is 5.92 Å². The summed E-state index contributed by atoms with van der Waals surface area (Å²) in [4.78, 5) is 7.26. The van der Waals surface area contributed by atoms with Crippen LogP contribution in [0.4, 0.5) is 5.13 Å². The van der Waals surface area contributed by atoms with Crippen LogP contribution >= 0.6 is 36.2 Å². The molecule has 29 heavy (non-hydrogen) atoms. The number of ether oxygens (including phenoxy) is 1. The van der Waals surface area contributed by atoms with Crippen molar-refractivity contribution in [2.75, 3.05) is 31.1 Å². The second kappa shape index (κ2) is 9.98. The minimum absolute atomic E-state index is 0. The molecule has 7 heteroatoms. The molecular weight excluding hydrogens is 425 g/mol. The van der Waals surface area contributed by atoms with Crippen LogP contribution in [0.1, 0.15) is 18.4 Å². The summed E-state index contributed by atoms with van der Waals surface area (Å²) in [5.74, 6) is 1.81. The number of rotatable bonds is 5. The fourth-order valence-corrected chi connectivity index (χ4v) is 5.16. The molecule has 0 spiro atoms. The monoisotopic (exact) mass is 451 g/mol. The molecule has 3 heterocycles. The Kier molecular flexibility index (Phi) is 7.63. The van der Waals surface area contributed by atoms with Crippen molar-refractivity contribution in [1.29, 1.82) is 0 Å². The van der Waals surface area contributed by atoms with Crippen LogP contribution in [-0.4, -0.2) is 37.3 Å². The number of piperidine rings is 1. The highest BCUT2D eigenvalue weighted by Gasteiger charge is 2.24. The summed E-state index contributed by atoms with van der Waals surface area (Å²) in [6, 6.07) is 16.8. The fraction of sp³-hybridized carbons (Fsp3) is 0.409. The lowest BCUT2D eigenvalue weighted by Gasteiger charge is -2.32. The number of fused-ring (bicyclic) bond motifs is 2. The number of hydrogen-bond acceptors (Lipinski definition) is 5. The van der Waals surface area contributed by atoms with E-state index in [0.717, 1.165) is 49.8 Å². The summed E-state index contributed by atoms with van der Waals surface area (Å²) in [6.45, 7) is 4.24. The Morgan fingerprint density at radius 1 is 1.00 bits per heavy atom. The Hall–Kier alpha value is -1.53. The molecule has 0 radical (unpaired) electrons. The van der Waals surface area contributed by atoms with E-state index in [1.807, 2.05) is 17.4 Å². The van der Waals surface area contributed by atoms with Crippen molar-refractivity contribution >= 4 is 51.5 Å². The molecular formula is C22H27Cl2N3OS. The number of para-hydroxylation sites is 2. The third-order valence-corrected chi connectivity index (χ3v) is 6.78. The number of thiazole rings is 1. The van der Waals surface area contributed by atoms with Crippen molar-refractivity contribution < 1.29 is 4.74 Å². The first-order valence-electron chi connectivity index (χ1n) is 9.91. The zero-order chi connectivity index (χ0) is 18.1. The number of benzene rings is 2. The lowest BCUT2D eigenvalue weighted by Crippen LogP contribution is -2.39. The van der Waals surface area contributed by atoms with Gasteiger partial charge >= 0.3 is 0 Å². The lowest BCUT2D eigenvalue weighted by atomic mass is 9.97. The Labute approximate surface area is 188 Å². The van der Waals surface area contributed by atoms with E-state index in [0.29, 0.717) is 0 Å². The van der Waals surface area contributed by atoms with E-state index in [9.17, 15) is 0 Å². The molecule has 0 bridgehead atoms. The normalized spacial score (nSPS) is 18.6. The molecule has 0 amide bonds. The van der Waals surface area contributed by atoms with Gasteiger partial charge in [0.25, 0.3) is 0 Å². The second-order valence-electron chi connectivity index (χ2n) is 7.60. The molecule has 2 aliphatic rings. The molecule has 0 aliphatic carbocycles. The Morgan fingerprint density at radius 3 is 2.55 bits per heavy atom. The van der Waals surface area contributed by atoms with Gasteiger partial charge in [0.2, 0.25) is 0 Å². The highest BCUT2D eigenvalue weighted by atomic mass is 35.5. The Balaban J connectivity index is 0.00000120. The molecule has 4 nitrogen and oxygen atoms in total. The molecule has 0 saturated carbocycles. The standard InChI is InChI=1S/C22H25N3OS.2ClH/c1-3-7-20-17(5-1)13-18(26-20)15-23-14-16-9-11-25(12-10-16)22-24-19-6-2-4-8-21(19)27-22;;/h1-8,16,18,23H,9-15H2;2*1H. The van der Waals surface area contributed by atoms with Crippen LogP contribution in [0.5, 0.6) is 5.75 Å². The molecule has 1 atom stereocenters. The third kappa shape index (κ3) is 4.97. The van der Waals surface area contributed by atoms with Gasteiger partial charge < -0.3 is 15.0 Å². The van der Waals surface area contributed by atoms with Gasteiger partial charge in [0.15, 0.2) is 5.13 Å². The molecule has 1 unspecified atom stereocenters. The lowest BCUT2D eigenvalue weighted by molar-refractivity contribution is 0.222. The van der Waals surface area contributed by atoms with Crippen LogP contribution in [-0.2, 0) is 6.42 Å². The summed E-state index contributed by atoms with van der Waals surface area (Å²) >= 11 is 1.82. The molecule has 1 fully saturated rings. The summed E-state index contributed by atoms with van der Waals surface area (Å²) in [5, 5.41) is 4.83. The first-order valence-corrected chi connectivity index (χ1v) is 10.7. The van der Waals surface area contributed by atoms with Crippen LogP contribution in [0.2, 0.25) is 0 Å². The highest BCUT2D eigenvalue weighted by Crippen LogP contribution is 2.31. The van der Waals surface area contributed by atoms with Crippen molar-refractivity contribution in [3.63, 3.8) is 0 Å². The number of nitrogens with one attached hydrogen (secondary N) is 1. The Bertz CT molecular complexity index is 869. The van der Waals surface area contributed by atoms with E-state index >= 15 is 0 Å². The number of anilines is 1. The number of nitrogens with zero attached hydrogens (tertiary/aromatic N) is 2. The van der Waals surface area contributed by atoms with Gasteiger partial charge in [-0.15, -0.1) is 24.8 Å². The molecule has 5 rings (SSSR count). The van der Waals surface area contributed by atoms with Crippen molar-refractivity contribution in [2.45, 2.75) is 25.4 Å². The van der Waals surface area contributed by atoms with E-state index in [1.54, 1.807) is 0 Å². The van der Waals surface area contributed by atoms with E-state index in [1.165, 1.54) is 28.2 Å². The minimum Gasteiger partial charge on any atom is -0.488 e. The molecule has 2 aliphatic heterocycles. The van der Waals surface area contributed by atoms with E-state index in [2.05, 4.69) is 52.7 Å². The SMILES string of the molecule is Cl.Cl.c1ccc2c(c1)CC(CNCC1CCN(c3nc4ccccc4s3)CC1)O2. The van der Waals surface area contributed by atoms with E-state index in [4.69, 9.17) is 9.72 Å². The first-order chi connectivity index (χ1) is 13.3.